The number of benzene rings is 4. The van der Waals surface area contributed by atoms with Crippen LogP contribution in [0.1, 0.15) is 27.9 Å². The van der Waals surface area contributed by atoms with Crippen LogP contribution in [0, 0.1) is 6.92 Å². The largest absolute Gasteiger partial charge is 0.493 e. The fourth-order valence-electron chi connectivity index (χ4n) is 5.70. The Balaban J connectivity index is 1.19. The first-order valence-electron chi connectivity index (χ1n) is 15.3. The van der Waals surface area contributed by atoms with Gasteiger partial charge in [-0.3, -0.25) is 14.7 Å². The smallest absolute Gasteiger partial charge is 0.416 e. The number of carbonyl (C=O) groups excluding carboxylic acids is 1. The summed E-state index contributed by atoms with van der Waals surface area (Å²) in [7, 11) is 1.59. The lowest BCUT2D eigenvalue weighted by molar-refractivity contribution is -0.138. The lowest BCUT2D eigenvalue weighted by Gasteiger charge is -2.26. The lowest BCUT2D eigenvalue weighted by Crippen LogP contribution is -2.37. The predicted molar refractivity (Wildman–Crippen MR) is 174 cm³/mol. The standard InChI is InChI=1S/C36H34F3N3O5/c1-23-29(36(37,38)39)8-4-9-30(23)41-35(43)27-7-3-6-24-20-25(10-11-26(24)27)47-32-12-13-40-31-22-34(33(44-2)21-28(31)32)46-17-5-14-42-15-18-45-19-16-42/h3-4,6-13,20-22H,5,14-19H2,1-2H3,(H,41,43). The molecule has 0 spiro atoms. The summed E-state index contributed by atoms with van der Waals surface area (Å²) in [5.74, 6) is 1.73. The zero-order valence-electron chi connectivity index (χ0n) is 26.0. The molecule has 0 atom stereocenters. The molecule has 1 fully saturated rings. The second kappa shape index (κ2) is 13.9. The molecule has 8 nitrogen and oxygen atoms in total. The van der Waals surface area contributed by atoms with Crippen molar-refractivity contribution in [2.75, 3.05) is 51.9 Å². The van der Waals surface area contributed by atoms with Gasteiger partial charge in [0.1, 0.15) is 11.5 Å². The Morgan fingerprint density at radius 1 is 0.957 bits per heavy atom. The number of methoxy groups -OCH3 is 1. The van der Waals surface area contributed by atoms with Gasteiger partial charge in [0, 0.05) is 48.5 Å². The molecule has 244 valence electrons. The molecule has 4 aromatic carbocycles. The van der Waals surface area contributed by atoms with Gasteiger partial charge in [-0.15, -0.1) is 0 Å². The van der Waals surface area contributed by atoms with E-state index in [1.165, 1.54) is 19.1 Å². The molecule has 0 bridgehead atoms. The number of pyridine rings is 1. The number of nitrogens with one attached hydrogen (secondary N) is 1. The van der Waals surface area contributed by atoms with Gasteiger partial charge < -0.3 is 24.3 Å². The SMILES string of the molecule is COc1cc2c(Oc3ccc4c(C(=O)Nc5cccc(C(F)(F)F)c5C)cccc4c3)ccnc2cc1OCCCN1CCOCC1. The molecular formula is C36H34F3N3O5. The summed E-state index contributed by atoms with van der Waals surface area (Å²) < 4.78 is 63.6. The van der Waals surface area contributed by atoms with E-state index < -0.39 is 17.6 Å². The highest BCUT2D eigenvalue weighted by Crippen LogP contribution is 2.38. The first-order chi connectivity index (χ1) is 22.7. The highest BCUT2D eigenvalue weighted by Gasteiger charge is 2.33. The summed E-state index contributed by atoms with van der Waals surface area (Å²) >= 11 is 0. The number of rotatable bonds is 10. The number of hydrogen-bond donors (Lipinski definition) is 1. The van der Waals surface area contributed by atoms with Crippen LogP contribution in [0.4, 0.5) is 18.9 Å². The van der Waals surface area contributed by atoms with E-state index in [4.69, 9.17) is 18.9 Å². The molecule has 1 N–H and O–H groups in total. The van der Waals surface area contributed by atoms with Gasteiger partial charge in [-0.05, 0) is 78.2 Å². The average Bonchev–Trinajstić information content (AvgIpc) is 3.07. The van der Waals surface area contributed by atoms with Crippen molar-refractivity contribution < 1.29 is 36.9 Å². The van der Waals surface area contributed by atoms with Crippen LogP contribution >= 0.6 is 0 Å². The maximum atomic E-state index is 13.4. The first-order valence-corrected chi connectivity index (χ1v) is 15.3. The van der Waals surface area contributed by atoms with E-state index in [1.54, 1.807) is 49.7 Å². The minimum Gasteiger partial charge on any atom is -0.493 e. The molecule has 1 saturated heterocycles. The van der Waals surface area contributed by atoms with Gasteiger partial charge in [-0.25, -0.2) is 0 Å². The van der Waals surface area contributed by atoms with Gasteiger partial charge >= 0.3 is 6.18 Å². The van der Waals surface area contributed by atoms with E-state index in [0.29, 0.717) is 46.1 Å². The van der Waals surface area contributed by atoms with Gasteiger partial charge in [-0.1, -0.05) is 18.2 Å². The molecule has 0 aliphatic carbocycles. The highest BCUT2D eigenvalue weighted by atomic mass is 19.4. The monoisotopic (exact) mass is 645 g/mol. The Morgan fingerprint density at radius 2 is 1.77 bits per heavy atom. The number of ether oxygens (including phenoxy) is 4. The number of carbonyl (C=O) groups is 1. The molecule has 1 aromatic heterocycles. The maximum absolute atomic E-state index is 13.4. The summed E-state index contributed by atoms with van der Waals surface area (Å²) in [5.41, 5.74) is 0.259. The van der Waals surface area contributed by atoms with Crippen molar-refractivity contribution in [3.63, 3.8) is 0 Å². The van der Waals surface area contributed by atoms with E-state index >= 15 is 0 Å². The molecule has 2 heterocycles. The third kappa shape index (κ3) is 7.26. The van der Waals surface area contributed by atoms with Gasteiger partial charge in [0.2, 0.25) is 0 Å². The van der Waals surface area contributed by atoms with Crippen LogP contribution in [0.15, 0.2) is 79.0 Å². The van der Waals surface area contributed by atoms with Crippen LogP contribution in [0.2, 0.25) is 0 Å². The summed E-state index contributed by atoms with van der Waals surface area (Å²) in [4.78, 5) is 20.1. The Kier molecular flexibility index (Phi) is 9.46. The molecule has 6 rings (SSSR count). The van der Waals surface area contributed by atoms with Crippen molar-refractivity contribution >= 4 is 33.3 Å². The van der Waals surface area contributed by atoms with E-state index in [2.05, 4.69) is 15.2 Å². The summed E-state index contributed by atoms with van der Waals surface area (Å²) in [5, 5.41) is 4.72. The number of hydrogen-bond acceptors (Lipinski definition) is 7. The number of aromatic nitrogens is 1. The minimum atomic E-state index is -4.52. The van der Waals surface area contributed by atoms with Gasteiger partial charge in [0.05, 0.1) is 38.0 Å². The number of amides is 1. The minimum absolute atomic E-state index is 0.0482. The third-order valence-corrected chi connectivity index (χ3v) is 8.18. The fraction of sp³-hybridized carbons (Fsp3) is 0.278. The number of morpholine rings is 1. The van der Waals surface area contributed by atoms with Crippen molar-refractivity contribution in [1.29, 1.82) is 0 Å². The van der Waals surface area contributed by atoms with E-state index in [1.807, 2.05) is 18.2 Å². The molecule has 11 heteroatoms. The van der Waals surface area contributed by atoms with Crippen molar-refractivity contribution in [3.05, 3.63) is 95.7 Å². The summed E-state index contributed by atoms with van der Waals surface area (Å²) in [6, 6.07) is 19.7. The molecule has 1 aliphatic heterocycles. The molecule has 47 heavy (non-hydrogen) atoms. The Morgan fingerprint density at radius 3 is 2.55 bits per heavy atom. The van der Waals surface area contributed by atoms with Crippen LogP contribution in [0.5, 0.6) is 23.0 Å². The average molecular weight is 646 g/mol. The predicted octanol–water partition coefficient (Wildman–Crippen LogP) is 7.87. The van der Waals surface area contributed by atoms with E-state index in [0.717, 1.165) is 56.1 Å². The van der Waals surface area contributed by atoms with Gasteiger partial charge in [0.15, 0.2) is 11.5 Å². The molecule has 0 radical (unpaired) electrons. The van der Waals surface area contributed by atoms with Crippen molar-refractivity contribution in [1.82, 2.24) is 9.88 Å². The molecular weight excluding hydrogens is 611 g/mol. The number of alkyl halides is 3. The second-order valence-electron chi connectivity index (χ2n) is 11.2. The quantitative estimate of drug-likeness (QED) is 0.155. The van der Waals surface area contributed by atoms with E-state index in [-0.39, 0.29) is 11.3 Å². The van der Waals surface area contributed by atoms with Gasteiger partial charge in [-0.2, -0.15) is 13.2 Å². The first kappa shape index (κ1) is 32.1. The van der Waals surface area contributed by atoms with Crippen LogP contribution in [-0.2, 0) is 10.9 Å². The molecule has 1 amide bonds. The molecule has 0 unspecified atom stereocenters. The fourth-order valence-corrected chi connectivity index (χ4v) is 5.70. The third-order valence-electron chi connectivity index (χ3n) is 8.18. The Bertz CT molecular complexity index is 1910. The maximum Gasteiger partial charge on any atom is 0.416 e. The molecule has 5 aromatic rings. The summed E-state index contributed by atoms with van der Waals surface area (Å²) in [6.45, 7) is 6.20. The van der Waals surface area contributed by atoms with Crippen molar-refractivity contribution in [2.45, 2.75) is 19.5 Å². The zero-order chi connectivity index (χ0) is 33.0. The van der Waals surface area contributed by atoms with Crippen LogP contribution in [0.25, 0.3) is 21.7 Å². The highest BCUT2D eigenvalue weighted by molar-refractivity contribution is 6.13. The number of anilines is 1. The zero-order valence-corrected chi connectivity index (χ0v) is 26.0. The van der Waals surface area contributed by atoms with Crippen LogP contribution < -0.4 is 19.5 Å². The van der Waals surface area contributed by atoms with Crippen LogP contribution in [-0.4, -0.2) is 62.4 Å². The Labute approximate surface area is 270 Å². The molecule has 0 saturated carbocycles. The number of fused-ring (bicyclic) bond motifs is 2. The Hall–Kier alpha value is -4.87. The topological polar surface area (TPSA) is 82.2 Å². The van der Waals surface area contributed by atoms with Crippen LogP contribution in [0.3, 0.4) is 0 Å². The number of nitrogens with zero attached hydrogens (tertiary/aromatic N) is 2. The molecule has 1 aliphatic rings. The van der Waals surface area contributed by atoms with Crippen molar-refractivity contribution in [2.24, 2.45) is 0 Å². The lowest BCUT2D eigenvalue weighted by atomic mass is 10.0. The second-order valence-corrected chi connectivity index (χ2v) is 11.2. The van der Waals surface area contributed by atoms with E-state index in [9.17, 15) is 18.0 Å². The van der Waals surface area contributed by atoms with Crippen molar-refractivity contribution in [3.8, 4) is 23.0 Å². The van der Waals surface area contributed by atoms with Gasteiger partial charge in [0.25, 0.3) is 5.91 Å². The summed E-state index contributed by atoms with van der Waals surface area (Å²) in [6.07, 6.45) is -2.00. The number of halogens is 3. The normalized spacial score (nSPS) is 13.9.